The molecule has 0 fully saturated rings. The second kappa shape index (κ2) is 10.3. The van der Waals surface area contributed by atoms with Gasteiger partial charge in [-0.25, -0.2) is 9.37 Å². The number of rotatable bonds is 8. The highest BCUT2D eigenvalue weighted by Gasteiger charge is 2.21. The summed E-state index contributed by atoms with van der Waals surface area (Å²) in [5.41, 5.74) is 3.22. The van der Waals surface area contributed by atoms with E-state index in [4.69, 9.17) is 4.74 Å². The van der Waals surface area contributed by atoms with Crippen LogP contribution in [0.4, 0.5) is 15.2 Å². The Balaban J connectivity index is 1.56. The first-order chi connectivity index (χ1) is 15.3. The summed E-state index contributed by atoms with van der Waals surface area (Å²) >= 11 is 1.14. The van der Waals surface area contributed by atoms with Gasteiger partial charge in [-0.05, 0) is 43.2 Å². The minimum Gasteiger partial charge on any atom is -0.459 e. The molecule has 1 amide bonds. The Kier molecular flexibility index (Phi) is 7.48. The lowest BCUT2D eigenvalue weighted by Crippen LogP contribution is -2.23. The van der Waals surface area contributed by atoms with E-state index in [1.165, 1.54) is 30.0 Å². The van der Waals surface area contributed by atoms with Crippen molar-refractivity contribution in [3.63, 3.8) is 0 Å². The Bertz CT molecular complexity index is 1160. The number of thiazole rings is 1. The maximum absolute atomic E-state index is 14.1. The number of esters is 1. The van der Waals surface area contributed by atoms with Crippen molar-refractivity contribution in [3.8, 4) is 0 Å². The molecular formula is C24H23FN2O4S. The van der Waals surface area contributed by atoms with Crippen molar-refractivity contribution in [3.05, 3.63) is 76.0 Å². The summed E-state index contributed by atoms with van der Waals surface area (Å²) in [5, 5.41) is 1.91. The summed E-state index contributed by atoms with van der Waals surface area (Å²) < 4.78 is 19.4. The van der Waals surface area contributed by atoms with Gasteiger partial charge in [0.15, 0.2) is 10.9 Å². The highest BCUT2D eigenvalue weighted by atomic mass is 32.1. The number of benzene rings is 2. The van der Waals surface area contributed by atoms with E-state index in [-0.39, 0.29) is 36.1 Å². The number of ether oxygens (including phenoxy) is 1. The van der Waals surface area contributed by atoms with Gasteiger partial charge in [0.1, 0.15) is 12.4 Å². The van der Waals surface area contributed by atoms with E-state index in [0.717, 1.165) is 22.5 Å². The topological polar surface area (TPSA) is 76.6 Å². The highest BCUT2D eigenvalue weighted by molar-refractivity contribution is 7.14. The SMILES string of the molecule is CC(=O)N(c1nc(COC(=O)CCC(=O)c2ccc(C)c(C)c2)cs1)c1ccccc1F. The Morgan fingerprint density at radius 3 is 2.50 bits per heavy atom. The number of anilines is 2. The van der Waals surface area contributed by atoms with Gasteiger partial charge in [-0.15, -0.1) is 11.3 Å². The van der Waals surface area contributed by atoms with Crippen LogP contribution in [0.1, 0.15) is 46.9 Å². The maximum Gasteiger partial charge on any atom is 0.306 e. The van der Waals surface area contributed by atoms with E-state index in [2.05, 4.69) is 4.98 Å². The fourth-order valence-electron chi connectivity index (χ4n) is 3.01. The number of amides is 1. The Morgan fingerprint density at radius 1 is 1.06 bits per heavy atom. The third kappa shape index (κ3) is 5.64. The van der Waals surface area contributed by atoms with Crippen LogP contribution in [0.3, 0.4) is 0 Å². The van der Waals surface area contributed by atoms with Gasteiger partial charge < -0.3 is 4.74 Å². The molecule has 0 aliphatic carbocycles. The molecule has 2 aromatic carbocycles. The number of hydrogen-bond acceptors (Lipinski definition) is 6. The van der Waals surface area contributed by atoms with Gasteiger partial charge >= 0.3 is 5.97 Å². The lowest BCUT2D eigenvalue weighted by atomic mass is 10.0. The fraction of sp³-hybridized carbons (Fsp3) is 0.250. The monoisotopic (exact) mass is 454 g/mol. The number of Topliss-reactive ketones (excluding diaryl/α,β-unsaturated/α-hetero) is 1. The van der Waals surface area contributed by atoms with E-state index in [0.29, 0.717) is 11.3 Å². The van der Waals surface area contributed by atoms with Crippen molar-refractivity contribution in [2.45, 2.75) is 40.2 Å². The van der Waals surface area contributed by atoms with Crippen molar-refractivity contribution < 1.29 is 23.5 Å². The van der Waals surface area contributed by atoms with Crippen LogP contribution >= 0.6 is 11.3 Å². The van der Waals surface area contributed by atoms with Gasteiger partial charge in [0, 0.05) is 24.3 Å². The molecule has 3 aromatic rings. The first kappa shape index (κ1) is 23.3. The number of nitrogens with zero attached hydrogens (tertiary/aromatic N) is 2. The molecule has 1 heterocycles. The standard InChI is InChI=1S/C24H23FN2O4S/c1-15-8-9-18(12-16(15)2)22(29)10-11-23(30)31-13-19-14-32-24(26-19)27(17(3)28)21-7-5-4-6-20(21)25/h4-9,12,14H,10-11,13H2,1-3H3. The zero-order valence-electron chi connectivity index (χ0n) is 18.1. The van der Waals surface area contributed by atoms with Crippen molar-refractivity contribution in [2.24, 2.45) is 0 Å². The van der Waals surface area contributed by atoms with Gasteiger partial charge in [0.25, 0.3) is 0 Å². The molecule has 0 radical (unpaired) electrons. The zero-order chi connectivity index (χ0) is 23.3. The number of carbonyl (C=O) groups excluding carboxylic acids is 3. The van der Waals surface area contributed by atoms with Crippen LogP contribution in [0.25, 0.3) is 0 Å². The van der Waals surface area contributed by atoms with Crippen LogP contribution < -0.4 is 4.90 Å². The third-order valence-corrected chi connectivity index (χ3v) is 5.78. The second-order valence-corrected chi connectivity index (χ2v) is 8.15. The van der Waals surface area contributed by atoms with Gasteiger partial charge in [0.05, 0.1) is 17.8 Å². The van der Waals surface area contributed by atoms with Crippen LogP contribution in [0.15, 0.2) is 47.8 Å². The lowest BCUT2D eigenvalue weighted by Gasteiger charge is -2.18. The van der Waals surface area contributed by atoms with Crippen molar-refractivity contribution >= 4 is 39.8 Å². The van der Waals surface area contributed by atoms with Crippen molar-refractivity contribution in [2.75, 3.05) is 4.90 Å². The molecule has 32 heavy (non-hydrogen) atoms. The number of hydrogen-bond donors (Lipinski definition) is 0. The van der Waals surface area contributed by atoms with Crippen LogP contribution in [0.5, 0.6) is 0 Å². The quantitative estimate of drug-likeness (QED) is 0.341. The molecule has 0 bridgehead atoms. The Hall–Kier alpha value is -3.39. The van der Waals surface area contributed by atoms with Crippen LogP contribution in [0, 0.1) is 19.7 Å². The third-order valence-electron chi connectivity index (χ3n) is 4.91. The van der Waals surface area contributed by atoms with E-state index in [1.807, 2.05) is 26.0 Å². The largest absolute Gasteiger partial charge is 0.459 e. The highest BCUT2D eigenvalue weighted by Crippen LogP contribution is 2.30. The molecule has 0 saturated carbocycles. The van der Waals surface area contributed by atoms with Gasteiger partial charge in [-0.1, -0.05) is 24.3 Å². The maximum atomic E-state index is 14.1. The predicted octanol–water partition coefficient (Wildman–Crippen LogP) is 5.29. The van der Waals surface area contributed by atoms with E-state index in [9.17, 15) is 18.8 Å². The number of para-hydroxylation sites is 1. The molecule has 1 aromatic heterocycles. The molecule has 0 aliphatic rings. The summed E-state index contributed by atoms with van der Waals surface area (Å²) in [4.78, 5) is 41.9. The minimum absolute atomic E-state index is 0.0441. The van der Waals surface area contributed by atoms with Crippen LogP contribution in [-0.4, -0.2) is 22.6 Å². The molecular weight excluding hydrogens is 431 g/mol. The van der Waals surface area contributed by atoms with Gasteiger partial charge in [-0.3, -0.25) is 19.3 Å². The number of halogens is 1. The summed E-state index contributed by atoms with van der Waals surface area (Å²) in [5.74, 6) is -1.57. The van der Waals surface area contributed by atoms with E-state index < -0.39 is 17.7 Å². The summed E-state index contributed by atoms with van der Waals surface area (Å²) in [6, 6.07) is 11.4. The number of ketones is 1. The van der Waals surface area contributed by atoms with Crippen molar-refractivity contribution in [1.29, 1.82) is 0 Å². The van der Waals surface area contributed by atoms with Gasteiger partial charge in [0.2, 0.25) is 5.91 Å². The summed E-state index contributed by atoms with van der Waals surface area (Å²) in [6.45, 7) is 5.12. The molecule has 0 aliphatic heterocycles. The molecule has 0 spiro atoms. The average Bonchev–Trinajstić information content (AvgIpc) is 3.22. The number of aromatic nitrogens is 1. The molecule has 0 atom stereocenters. The first-order valence-corrected chi connectivity index (χ1v) is 10.9. The second-order valence-electron chi connectivity index (χ2n) is 7.31. The fourth-order valence-corrected chi connectivity index (χ4v) is 3.87. The normalized spacial score (nSPS) is 10.6. The summed E-state index contributed by atoms with van der Waals surface area (Å²) in [7, 11) is 0. The lowest BCUT2D eigenvalue weighted by molar-refractivity contribution is -0.145. The molecule has 166 valence electrons. The van der Waals surface area contributed by atoms with Crippen LogP contribution in [-0.2, 0) is 20.9 Å². The molecule has 3 rings (SSSR count). The number of carbonyl (C=O) groups is 3. The predicted molar refractivity (Wildman–Crippen MR) is 121 cm³/mol. The van der Waals surface area contributed by atoms with E-state index >= 15 is 0 Å². The number of aryl methyl sites for hydroxylation is 2. The molecule has 0 N–H and O–H groups in total. The van der Waals surface area contributed by atoms with Crippen LogP contribution in [0.2, 0.25) is 0 Å². The molecule has 0 unspecified atom stereocenters. The Morgan fingerprint density at radius 2 is 1.81 bits per heavy atom. The summed E-state index contributed by atoms with van der Waals surface area (Å²) in [6.07, 6.45) is 0.00654. The smallest absolute Gasteiger partial charge is 0.306 e. The molecule has 0 saturated heterocycles. The minimum atomic E-state index is -0.542. The molecule has 6 nitrogen and oxygen atoms in total. The molecule has 8 heteroatoms. The van der Waals surface area contributed by atoms with Gasteiger partial charge in [-0.2, -0.15) is 0 Å². The van der Waals surface area contributed by atoms with Crippen molar-refractivity contribution in [1.82, 2.24) is 4.98 Å². The Labute approximate surface area is 189 Å². The first-order valence-electron chi connectivity index (χ1n) is 10.0. The van der Waals surface area contributed by atoms with E-state index in [1.54, 1.807) is 17.5 Å². The average molecular weight is 455 g/mol. The zero-order valence-corrected chi connectivity index (χ0v) is 18.9.